The van der Waals surface area contributed by atoms with Crippen molar-refractivity contribution in [3.63, 3.8) is 0 Å². The van der Waals surface area contributed by atoms with E-state index in [1.807, 2.05) is 17.0 Å². The van der Waals surface area contributed by atoms with Crippen molar-refractivity contribution in [3.8, 4) is 11.5 Å². The molecule has 2 aromatic rings. The van der Waals surface area contributed by atoms with Crippen LogP contribution in [0.1, 0.15) is 35.1 Å². The first kappa shape index (κ1) is 20.2. The molecule has 1 N–H and O–H groups in total. The highest BCUT2D eigenvalue weighted by Gasteiger charge is 2.22. The molecule has 1 amide bonds. The molecule has 0 bridgehead atoms. The molecule has 5 nitrogen and oxygen atoms in total. The standard InChI is InChI=1S/C23H30N2O3/c1-17-6-8-18(9-7-17)15-24-11-4-5-23(26)25-12-10-19-13-21(27-2)22(28-3)14-20(19)16-25/h6-9,13-14,24H,4-5,10-12,15-16H2,1-3H3. The third-order valence-corrected chi connectivity index (χ3v) is 5.26. The molecule has 3 rings (SSSR count). The molecule has 0 fully saturated rings. The first-order valence-corrected chi connectivity index (χ1v) is 9.88. The first-order valence-electron chi connectivity index (χ1n) is 9.88. The van der Waals surface area contributed by atoms with E-state index in [-0.39, 0.29) is 5.91 Å². The van der Waals surface area contributed by atoms with Gasteiger partial charge in [-0.1, -0.05) is 29.8 Å². The summed E-state index contributed by atoms with van der Waals surface area (Å²) in [6.45, 7) is 5.18. The Morgan fingerprint density at radius 3 is 2.43 bits per heavy atom. The summed E-state index contributed by atoms with van der Waals surface area (Å²) in [6.07, 6.45) is 2.27. The molecular formula is C23H30N2O3. The third kappa shape index (κ3) is 5.04. The van der Waals surface area contributed by atoms with Gasteiger partial charge in [0.2, 0.25) is 5.91 Å². The van der Waals surface area contributed by atoms with Crippen molar-refractivity contribution in [1.29, 1.82) is 0 Å². The maximum absolute atomic E-state index is 12.6. The average Bonchev–Trinajstić information content (AvgIpc) is 2.73. The molecule has 1 aliphatic rings. The van der Waals surface area contributed by atoms with Gasteiger partial charge < -0.3 is 19.7 Å². The van der Waals surface area contributed by atoms with E-state index < -0.39 is 0 Å². The number of nitrogens with zero attached hydrogens (tertiary/aromatic N) is 1. The van der Waals surface area contributed by atoms with Crippen LogP contribution < -0.4 is 14.8 Å². The van der Waals surface area contributed by atoms with E-state index in [2.05, 4.69) is 36.5 Å². The third-order valence-electron chi connectivity index (χ3n) is 5.26. The van der Waals surface area contributed by atoms with Gasteiger partial charge in [0, 0.05) is 26.1 Å². The minimum absolute atomic E-state index is 0.220. The van der Waals surface area contributed by atoms with Crippen LogP contribution in [0.25, 0.3) is 0 Å². The topological polar surface area (TPSA) is 50.8 Å². The fourth-order valence-electron chi connectivity index (χ4n) is 3.56. The lowest BCUT2D eigenvalue weighted by Gasteiger charge is -2.29. The van der Waals surface area contributed by atoms with E-state index in [1.54, 1.807) is 14.2 Å². The second-order valence-electron chi connectivity index (χ2n) is 7.31. The molecule has 0 spiro atoms. The fraction of sp³-hybridized carbons (Fsp3) is 0.435. The van der Waals surface area contributed by atoms with Crippen LogP contribution in [0.2, 0.25) is 0 Å². The Kier molecular flexibility index (Phi) is 6.93. The Morgan fingerprint density at radius 1 is 1.07 bits per heavy atom. The Balaban J connectivity index is 1.45. The lowest BCUT2D eigenvalue weighted by molar-refractivity contribution is -0.132. The van der Waals surface area contributed by atoms with Crippen LogP contribution in [-0.2, 0) is 24.3 Å². The Labute approximate surface area is 167 Å². The van der Waals surface area contributed by atoms with Crippen LogP contribution >= 0.6 is 0 Å². The molecule has 0 atom stereocenters. The first-order chi connectivity index (χ1) is 13.6. The van der Waals surface area contributed by atoms with Crippen LogP contribution in [0.4, 0.5) is 0 Å². The van der Waals surface area contributed by atoms with Gasteiger partial charge in [0.1, 0.15) is 0 Å². The largest absolute Gasteiger partial charge is 0.493 e. The number of amides is 1. The van der Waals surface area contributed by atoms with Gasteiger partial charge in [-0.3, -0.25) is 4.79 Å². The highest BCUT2D eigenvalue weighted by atomic mass is 16.5. The molecule has 0 radical (unpaired) electrons. The normalized spacial score (nSPS) is 13.2. The molecule has 1 aliphatic heterocycles. The molecular weight excluding hydrogens is 352 g/mol. The maximum atomic E-state index is 12.6. The molecule has 5 heteroatoms. The quantitative estimate of drug-likeness (QED) is 0.711. The zero-order valence-electron chi connectivity index (χ0n) is 17.1. The van der Waals surface area contributed by atoms with Gasteiger partial charge in [-0.15, -0.1) is 0 Å². The van der Waals surface area contributed by atoms with E-state index in [9.17, 15) is 4.79 Å². The zero-order valence-corrected chi connectivity index (χ0v) is 17.1. The second-order valence-corrected chi connectivity index (χ2v) is 7.31. The summed E-state index contributed by atoms with van der Waals surface area (Å²) in [5.74, 6) is 1.69. The van der Waals surface area contributed by atoms with Gasteiger partial charge in [-0.25, -0.2) is 0 Å². The number of rotatable bonds is 8. The van der Waals surface area contributed by atoms with Gasteiger partial charge in [0.05, 0.1) is 14.2 Å². The van der Waals surface area contributed by atoms with Crippen molar-refractivity contribution >= 4 is 5.91 Å². The predicted molar refractivity (Wildman–Crippen MR) is 111 cm³/mol. The number of methoxy groups -OCH3 is 2. The molecule has 0 saturated heterocycles. The molecule has 0 saturated carbocycles. The van der Waals surface area contributed by atoms with Gasteiger partial charge in [0.15, 0.2) is 11.5 Å². The van der Waals surface area contributed by atoms with Crippen LogP contribution in [0, 0.1) is 6.92 Å². The van der Waals surface area contributed by atoms with Crippen LogP contribution in [0.3, 0.4) is 0 Å². The summed E-state index contributed by atoms with van der Waals surface area (Å²) >= 11 is 0. The van der Waals surface area contributed by atoms with Crippen molar-refractivity contribution in [2.75, 3.05) is 27.3 Å². The lowest BCUT2D eigenvalue weighted by Crippen LogP contribution is -2.36. The number of benzene rings is 2. The number of hydrogen-bond acceptors (Lipinski definition) is 4. The molecule has 28 heavy (non-hydrogen) atoms. The smallest absolute Gasteiger partial charge is 0.222 e. The van der Waals surface area contributed by atoms with E-state index >= 15 is 0 Å². The van der Waals surface area contributed by atoms with Crippen molar-refractivity contribution in [2.45, 2.75) is 39.3 Å². The minimum atomic E-state index is 0.220. The number of ether oxygens (including phenoxy) is 2. The van der Waals surface area contributed by atoms with Gasteiger partial charge >= 0.3 is 0 Å². The van der Waals surface area contributed by atoms with Crippen molar-refractivity contribution in [3.05, 3.63) is 58.7 Å². The number of carbonyl (C=O) groups excluding carboxylic acids is 1. The molecule has 2 aromatic carbocycles. The second kappa shape index (κ2) is 9.60. The van der Waals surface area contributed by atoms with Crippen molar-refractivity contribution in [1.82, 2.24) is 10.2 Å². The lowest BCUT2D eigenvalue weighted by atomic mass is 9.98. The maximum Gasteiger partial charge on any atom is 0.222 e. The Bertz CT molecular complexity index is 802. The summed E-state index contributed by atoms with van der Waals surface area (Å²) in [6, 6.07) is 12.6. The fourth-order valence-corrected chi connectivity index (χ4v) is 3.56. The van der Waals surface area contributed by atoms with Crippen molar-refractivity contribution in [2.24, 2.45) is 0 Å². The minimum Gasteiger partial charge on any atom is -0.493 e. The average molecular weight is 383 g/mol. The van der Waals surface area contributed by atoms with Crippen LogP contribution in [0.15, 0.2) is 36.4 Å². The predicted octanol–water partition coefficient (Wildman–Crippen LogP) is 3.47. The molecule has 0 unspecified atom stereocenters. The molecule has 150 valence electrons. The van der Waals surface area contributed by atoms with E-state index in [0.29, 0.717) is 13.0 Å². The summed E-state index contributed by atoms with van der Waals surface area (Å²) in [7, 11) is 3.29. The summed E-state index contributed by atoms with van der Waals surface area (Å²) in [5, 5.41) is 3.42. The van der Waals surface area contributed by atoms with Gasteiger partial charge in [-0.05, 0) is 55.1 Å². The van der Waals surface area contributed by atoms with Gasteiger partial charge in [-0.2, -0.15) is 0 Å². The number of nitrogens with one attached hydrogen (secondary N) is 1. The van der Waals surface area contributed by atoms with Crippen molar-refractivity contribution < 1.29 is 14.3 Å². The van der Waals surface area contributed by atoms with E-state index in [0.717, 1.165) is 49.5 Å². The zero-order chi connectivity index (χ0) is 19.9. The number of carbonyl (C=O) groups is 1. The number of fused-ring (bicyclic) bond motifs is 1. The number of hydrogen-bond donors (Lipinski definition) is 1. The highest BCUT2D eigenvalue weighted by Crippen LogP contribution is 2.33. The Morgan fingerprint density at radius 2 is 1.75 bits per heavy atom. The Hall–Kier alpha value is -2.53. The van der Waals surface area contributed by atoms with Gasteiger partial charge in [0.25, 0.3) is 0 Å². The SMILES string of the molecule is COc1cc2c(cc1OC)CN(C(=O)CCCNCc1ccc(C)cc1)CC2. The molecule has 0 aliphatic carbocycles. The summed E-state index contributed by atoms with van der Waals surface area (Å²) < 4.78 is 10.8. The van der Waals surface area contributed by atoms with E-state index in [1.165, 1.54) is 16.7 Å². The van der Waals surface area contributed by atoms with E-state index in [4.69, 9.17) is 9.47 Å². The number of aryl methyl sites for hydroxylation is 1. The monoisotopic (exact) mass is 382 g/mol. The van der Waals surface area contributed by atoms with Crippen LogP contribution in [-0.4, -0.2) is 38.1 Å². The molecule has 0 aromatic heterocycles. The van der Waals surface area contributed by atoms with Crippen LogP contribution in [0.5, 0.6) is 11.5 Å². The molecule has 1 heterocycles. The summed E-state index contributed by atoms with van der Waals surface area (Å²) in [5.41, 5.74) is 4.93. The summed E-state index contributed by atoms with van der Waals surface area (Å²) in [4.78, 5) is 14.6. The highest BCUT2D eigenvalue weighted by molar-refractivity contribution is 5.76.